The van der Waals surface area contributed by atoms with Crippen LogP contribution >= 0.6 is 11.8 Å². The molecule has 2 heteroatoms. The van der Waals surface area contributed by atoms with Crippen molar-refractivity contribution in [3.05, 3.63) is 30.3 Å². The molecule has 1 aliphatic rings. The molecular weight excluding hydrogens is 228 g/mol. The van der Waals surface area contributed by atoms with E-state index < -0.39 is 0 Å². The van der Waals surface area contributed by atoms with Crippen molar-refractivity contribution in [3.63, 3.8) is 0 Å². The zero-order valence-electron chi connectivity index (χ0n) is 10.2. The van der Waals surface area contributed by atoms with Crippen molar-refractivity contribution in [3.8, 4) is 0 Å². The number of carbonyl (C=O) groups excluding carboxylic acids is 1. The first kappa shape index (κ1) is 12.7. The fourth-order valence-electron chi connectivity index (χ4n) is 2.39. The molecule has 0 aromatic heterocycles. The molecule has 1 aromatic rings. The van der Waals surface area contributed by atoms with Crippen LogP contribution in [0.25, 0.3) is 0 Å². The molecule has 0 spiro atoms. The molecule has 1 unspecified atom stereocenters. The zero-order chi connectivity index (χ0) is 11.9. The molecule has 0 N–H and O–H groups in total. The summed E-state index contributed by atoms with van der Waals surface area (Å²) in [6.45, 7) is 0. The lowest BCUT2D eigenvalue weighted by Gasteiger charge is -2.12. The minimum atomic E-state index is 0.484. The van der Waals surface area contributed by atoms with E-state index in [0.29, 0.717) is 11.7 Å². The van der Waals surface area contributed by atoms with Crippen LogP contribution in [0.3, 0.4) is 0 Å². The highest BCUT2D eigenvalue weighted by Gasteiger charge is 2.17. The standard InChI is InChI=1S/C15H20OS/c16-14-7-5-4-6-13(12-14)10-11-17-15-8-2-1-3-9-15/h1-3,8-9,13H,4-7,10-12H2. The lowest BCUT2D eigenvalue weighted by molar-refractivity contribution is -0.119. The third kappa shape index (κ3) is 4.55. The SMILES string of the molecule is O=C1CCCCC(CCSc2ccccc2)C1. The molecule has 2 rings (SSSR count). The van der Waals surface area contributed by atoms with E-state index in [1.165, 1.54) is 24.2 Å². The van der Waals surface area contributed by atoms with Gasteiger partial charge in [0.2, 0.25) is 0 Å². The Morgan fingerprint density at radius 1 is 1.18 bits per heavy atom. The molecule has 1 atom stereocenters. The van der Waals surface area contributed by atoms with Gasteiger partial charge in [-0.1, -0.05) is 24.6 Å². The van der Waals surface area contributed by atoms with Gasteiger partial charge in [-0.2, -0.15) is 0 Å². The maximum absolute atomic E-state index is 11.5. The van der Waals surface area contributed by atoms with Gasteiger partial charge in [0, 0.05) is 17.7 Å². The van der Waals surface area contributed by atoms with Gasteiger partial charge >= 0.3 is 0 Å². The third-order valence-corrected chi connectivity index (χ3v) is 4.42. The van der Waals surface area contributed by atoms with Crippen molar-refractivity contribution in [2.45, 2.75) is 43.4 Å². The summed E-state index contributed by atoms with van der Waals surface area (Å²) in [5, 5.41) is 0. The van der Waals surface area contributed by atoms with Gasteiger partial charge in [0.1, 0.15) is 5.78 Å². The molecule has 1 aromatic carbocycles. The maximum atomic E-state index is 11.5. The second kappa shape index (κ2) is 6.85. The predicted molar refractivity (Wildman–Crippen MR) is 73.4 cm³/mol. The highest BCUT2D eigenvalue weighted by atomic mass is 32.2. The average molecular weight is 248 g/mol. The van der Waals surface area contributed by atoms with Crippen molar-refractivity contribution in [1.29, 1.82) is 0 Å². The van der Waals surface area contributed by atoms with Crippen LogP contribution in [0.5, 0.6) is 0 Å². The normalized spacial score (nSPS) is 21.2. The first-order valence-corrected chi connectivity index (χ1v) is 7.53. The van der Waals surface area contributed by atoms with Crippen LogP contribution in [0, 0.1) is 5.92 Å². The van der Waals surface area contributed by atoms with Crippen molar-refractivity contribution < 1.29 is 4.79 Å². The molecule has 0 bridgehead atoms. The third-order valence-electron chi connectivity index (χ3n) is 3.37. The molecule has 1 fully saturated rings. The lowest BCUT2D eigenvalue weighted by atomic mass is 9.97. The van der Waals surface area contributed by atoms with Crippen LogP contribution in [-0.2, 0) is 4.79 Å². The molecule has 0 radical (unpaired) electrons. The highest BCUT2D eigenvalue weighted by Crippen LogP contribution is 2.27. The largest absolute Gasteiger partial charge is 0.300 e. The summed E-state index contributed by atoms with van der Waals surface area (Å²) >= 11 is 1.91. The van der Waals surface area contributed by atoms with Crippen molar-refractivity contribution in [2.75, 3.05) is 5.75 Å². The summed E-state index contributed by atoms with van der Waals surface area (Å²) in [6, 6.07) is 10.5. The fraction of sp³-hybridized carbons (Fsp3) is 0.533. The number of carbonyl (C=O) groups is 1. The van der Waals surface area contributed by atoms with Crippen LogP contribution < -0.4 is 0 Å². The van der Waals surface area contributed by atoms with E-state index in [9.17, 15) is 4.79 Å². The molecule has 1 saturated carbocycles. The van der Waals surface area contributed by atoms with Gasteiger partial charge in [0.05, 0.1) is 0 Å². The van der Waals surface area contributed by atoms with Crippen LogP contribution in [0.1, 0.15) is 38.5 Å². The van der Waals surface area contributed by atoms with E-state index in [2.05, 4.69) is 24.3 Å². The molecular formula is C15H20OS. The first-order valence-electron chi connectivity index (χ1n) is 6.54. The summed E-state index contributed by atoms with van der Waals surface area (Å²) in [5.74, 6) is 2.26. The Kier molecular flexibility index (Phi) is 5.11. The number of ketones is 1. The Bertz CT molecular complexity index is 347. The molecule has 1 aliphatic carbocycles. The van der Waals surface area contributed by atoms with Gasteiger partial charge in [-0.25, -0.2) is 0 Å². The van der Waals surface area contributed by atoms with Crippen LogP contribution in [0.2, 0.25) is 0 Å². The molecule has 0 amide bonds. The van der Waals surface area contributed by atoms with Crippen LogP contribution in [0.15, 0.2) is 35.2 Å². The van der Waals surface area contributed by atoms with Gasteiger partial charge < -0.3 is 0 Å². The van der Waals surface area contributed by atoms with Gasteiger partial charge in [0.15, 0.2) is 0 Å². The van der Waals surface area contributed by atoms with E-state index in [1.54, 1.807) is 0 Å². The monoisotopic (exact) mass is 248 g/mol. The van der Waals surface area contributed by atoms with Gasteiger partial charge in [-0.15, -0.1) is 11.8 Å². The number of benzene rings is 1. The molecule has 17 heavy (non-hydrogen) atoms. The van der Waals surface area contributed by atoms with Crippen molar-refractivity contribution >= 4 is 17.5 Å². The quantitative estimate of drug-likeness (QED) is 0.583. The molecule has 0 heterocycles. The zero-order valence-corrected chi connectivity index (χ0v) is 11.0. The van der Waals surface area contributed by atoms with E-state index in [0.717, 1.165) is 25.0 Å². The van der Waals surface area contributed by atoms with Gasteiger partial charge in [-0.3, -0.25) is 4.79 Å². The summed E-state index contributed by atoms with van der Waals surface area (Å²) in [6.07, 6.45) is 6.44. The van der Waals surface area contributed by atoms with Crippen LogP contribution in [-0.4, -0.2) is 11.5 Å². The van der Waals surface area contributed by atoms with E-state index >= 15 is 0 Å². The number of hydrogen-bond acceptors (Lipinski definition) is 2. The summed E-state index contributed by atoms with van der Waals surface area (Å²) in [4.78, 5) is 12.9. The Labute approximate surface area is 108 Å². The van der Waals surface area contributed by atoms with Crippen LogP contribution in [0.4, 0.5) is 0 Å². The number of hydrogen-bond donors (Lipinski definition) is 0. The van der Waals surface area contributed by atoms with Crippen molar-refractivity contribution in [1.82, 2.24) is 0 Å². The lowest BCUT2D eigenvalue weighted by Crippen LogP contribution is -2.06. The molecule has 92 valence electrons. The van der Waals surface area contributed by atoms with E-state index in [1.807, 2.05) is 17.8 Å². The summed E-state index contributed by atoms with van der Waals surface area (Å²) < 4.78 is 0. The Hall–Kier alpha value is -0.760. The summed E-state index contributed by atoms with van der Waals surface area (Å²) in [7, 11) is 0. The maximum Gasteiger partial charge on any atom is 0.133 e. The van der Waals surface area contributed by atoms with Crippen molar-refractivity contribution in [2.24, 2.45) is 5.92 Å². The Morgan fingerprint density at radius 3 is 2.82 bits per heavy atom. The first-order chi connectivity index (χ1) is 8.34. The highest BCUT2D eigenvalue weighted by molar-refractivity contribution is 7.99. The van der Waals surface area contributed by atoms with Gasteiger partial charge in [0.25, 0.3) is 0 Å². The second-order valence-electron chi connectivity index (χ2n) is 4.80. The topological polar surface area (TPSA) is 17.1 Å². The Morgan fingerprint density at radius 2 is 2.00 bits per heavy atom. The minimum Gasteiger partial charge on any atom is -0.300 e. The number of Topliss-reactive ketones (excluding diaryl/α,β-unsaturated/α-hetero) is 1. The minimum absolute atomic E-state index is 0.484. The molecule has 0 saturated heterocycles. The smallest absolute Gasteiger partial charge is 0.133 e. The number of rotatable bonds is 4. The predicted octanol–water partition coefficient (Wildman–Crippen LogP) is 4.32. The number of thioether (sulfide) groups is 1. The average Bonchev–Trinajstić information content (AvgIpc) is 2.55. The van der Waals surface area contributed by atoms with E-state index in [-0.39, 0.29) is 0 Å². The summed E-state index contributed by atoms with van der Waals surface area (Å²) in [5.41, 5.74) is 0. The Balaban J connectivity index is 1.72. The van der Waals surface area contributed by atoms with E-state index in [4.69, 9.17) is 0 Å². The molecule has 1 nitrogen and oxygen atoms in total. The van der Waals surface area contributed by atoms with Gasteiger partial charge in [-0.05, 0) is 43.1 Å². The second-order valence-corrected chi connectivity index (χ2v) is 5.97. The molecule has 0 aliphatic heterocycles. The fourth-order valence-corrected chi connectivity index (χ4v) is 3.42.